The molecule has 1 N–H and O–H groups in total. The summed E-state index contributed by atoms with van der Waals surface area (Å²) in [6.45, 7) is 6.41. The average Bonchev–Trinajstić information content (AvgIpc) is 3.34. The van der Waals surface area contributed by atoms with Gasteiger partial charge in [-0.25, -0.2) is 4.79 Å². The van der Waals surface area contributed by atoms with Crippen LogP contribution in [0, 0.1) is 0 Å². The van der Waals surface area contributed by atoms with Crippen molar-refractivity contribution in [2.75, 3.05) is 32.8 Å². The molecule has 4 rings (SSSR count). The van der Waals surface area contributed by atoms with E-state index in [-0.39, 0.29) is 17.7 Å². The van der Waals surface area contributed by atoms with Gasteiger partial charge in [0.05, 0.1) is 18.2 Å². The maximum Gasteiger partial charge on any atom is 0.317 e. The molecule has 2 amide bonds. The minimum absolute atomic E-state index is 0.0130. The number of carbonyl (C=O) groups excluding carboxylic acids is 1. The van der Waals surface area contributed by atoms with Crippen molar-refractivity contribution in [2.45, 2.75) is 43.9 Å². The lowest BCUT2D eigenvalue weighted by Crippen LogP contribution is -2.59. The highest BCUT2D eigenvalue weighted by Crippen LogP contribution is 2.36. The Hall–Kier alpha value is -1.59. The molecule has 1 aromatic rings. The van der Waals surface area contributed by atoms with Crippen molar-refractivity contribution in [1.82, 2.24) is 15.1 Å². The molecule has 0 unspecified atom stereocenters. The van der Waals surface area contributed by atoms with Crippen LogP contribution in [0.3, 0.4) is 0 Å². The number of carbonyl (C=O) groups is 1. The van der Waals surface area contributed by atoms with Crippen LogP contribution in [0.1, 0.15) is 37.9 Å². The molecule has 0 aromatic heterocycles. The number of likely N-dealkylation sites (N-methyl/N-ethyl adjacent to an activating group) is 1. The van der Waals surface area contributed by atoms with Gasteiger partial charge < -0.3 is 15.0 Å². The minimum Gasteiger partial charge on any atom is -0.370 e. The van der Waals surface area contributed by atoms with Gasteiger partial charge in [-0.2, -0.15) is 0 Å². The Bertz CT molecular complexity index is 590. The van der Waals surface area contributed by atoms with Crippen molar-refractivity contribution in [1.29, 1.82) is 0 Å². The van der Waals surface area contributed by atoms with Gasteiger partial charge in [-0.05, 0) is 31.4 Å². The second-order valence-electron chi connectivity index (χ2n) is 7.37. The fraction of sp³-hybridized carbons (Fsp3) is 0.632. The quantitative estimate of drug-likeness (QED) is 0.926. The highest BCUT2D eigenvalue weighted by Gasteiger charge is 2.48. The van der Waals surface area contributed by atoms with E-state index in [0.29, 0.717) is 12.6 Å². The van der Waals surface area contributed by atoms with Crippen molar-refractivity contribution in [2.24, 2.45) is 0 Å². The second kappa shape index (κ2) is 6.37. The van der Waals surface area contributed by atoms with Gasteiger partial charge in [0.15, 0.2) is 0 Å². The molecule has 0 radical (unpaired) electrons. The van der Waals surface area contributed by atoms with Crippen LogP contribution in [0.15, 0.2) is 30.3 Å². The number of hydrogen-bond acceptors (Lipinski definition) is 3. The van der Waals surface area contributed by atoms with E-state index in [1.165, 1.54) is 5.56 Å². The number of urea groups is 1. The summed E-state index contributed by atoms with van der Waals surface area (Å²) < 4.78 is 6.26. The average molecular weight is 329 g/mol. The van der Waals surface area contributed by atoms with E-state index < -0.39 is 0 Å². The molecule has 2 atom stereocenters. The molecule has 2 saturated heterocycles. The maximum atomic E-state index is 12.4. The summed E-state index contributed by atoms with van der Waals surface area (Å²) in [4.78, 5) is 16.9. The zero-order valence-corrected chi connectivity index (χ0v) is 14.4. The second-order valence-corrected chi connectivity index (χ2v) is 7.37. The smallest absolute Gasteiger partial charge is 0.317 e. The van der Waals surface area contributed by atoms with Gasteiger partial charge in [0.1, 0.15) is 0 Å². The lowest BCUT2D eigenvalue weighted by atomic mass is 9.93. The Morgan fingerprint density at radius 2 is 2.12 bits per heavy atom. The standard InChI is InChI=1S/C19H27N3O2/c1-2-22-12-17(15-6-4-3-5-7-15)24-14-19(22)10-11-21(13-19)18(23)20-16-8-9-16/h3-7,16-17H,2,8-14H2,1H3,(H,20,23)/t17-,19-/m1/s1. The summed E-state index contributed by atoms with van der Waals surface area (Å²) in [7, 11) is 0. The fourth-order valence-electron chi connectivity index (χ4n) is 4.03. The number of amides is 2. The molecular formula is C19H27N3O2. The lowest BCUT2D eigenvalue weighted by Gasteiger charge is -2.47. The Morgan fingerprint density at radius 3 is 2.83 bits per heavy atom. The monoisotopic (exact) mass is 329 g/mol. The number of nitrogens with zero attached hydrogens (tertiary/aromatic N) is 2. The third-order valence-electron chi connectivity index (χ3n) is 5.69. The molecule has 3 fully saturated rings. The first-order valence-corrected chi connectivity index (χ1v) is 9.17. The number of likely N-dealkylation sites (tertiary alicyclic amines) is 1. The Balaban J connectivity index is 1.43. The molecular weight excluding hydrogens is 302 g/mol. The third-order valence-corrected chi connectivity index (χ3v) is 5.69. The first-order valence-electron chi connectivity index (χ1n) is 9.17. The van der Waals surface area contributed by atoms with Crippen LogP contribution in [0.5, 0.6) is 0 Å². The van der Waals surface area contributed by atoms with Crippen LogP contribution in [0.2, 0.25) is 0 Å². The van der Waals surface area contributed by atoms with Gasteiger partial charge in [0.25, 0.3) is 0 Å². The van der Waals surface area contributed by atoms with E-state index in [1.54, 1.807) is 0 Å². The number of morpholine rings is 1. The molecule has 5 nitrogen and oxygen atoms in total. The largest absolute Gasteiger partial charge is 0.370 e. The molecule has 130 valence electrons. The summed E-state index contributed by atoms with van der Waals surface area (Å²) in [6.07, 6.45) is 3.40. The molecule has 0 bridgehead atoms. The zero-order chi connectivity index (χ0) is 16.6. The fourth-order valence-corrected chi connectivity index (χ4v) is 4.03. The number of benzene rings is 1. The van der Waals surface area contributed by atoms with Crippen molar-refractivity contribution in [3.8, 4) is 0 Å². The van der Waals surface area contributed by atoms with Gasteiger partial charge in [0, 0.05) is 25.7 Å². The SMILES string of the molecule is CCN1C[C@H](c2ccccc2)OC[C@]12CCN(C(=O)NC1CC1)C2. The van der Waals surface area contributed by atoms with E-state index in [0.717, 1.165) is 45.4 Å². The van der Waals surface area contributed by atoms with Crippen LogP contribution >= 0.6 is 0 Å². The van der Waals surface area contributed by atoms with Crippen molar-refractivity contribution in [3.05, 3.63) is 35.9 Å². The van der Waals surface area contributed by atoms with Crippen molar-refractivity contribution in [3.63, 3.8) is 0 Å². The van der Waals surface area contributed by atoms with Crippen LogP contribution in [-0.2, 0) is 4.74 Å². The summed E-state index contributed by atoms with van der Waals surface area (Å²) in [5.41, 5.74) is 1.23. The Morgan fingerprint density at radius 1 is 1.33 bits per heavy atom. The topological polar surface area (TPSA) is 44.8 Å². The highest BCUT2D eigenvalue weighted by atomic mass is 16.5. The first-order chi connectivity index (χ1) is 11.7. The van der Waals surface area contributed by atoms with Crippen molar-refractivity contribution < 1.29 is 9.53 Å². The predicted molar refractivity (Wildman–Crippen MR) is 92.9 cm³/mol. The number of rotatable bonds is 3. The van der Waals surface area contributed by atoms with Gasteiger partial charge >= 0.3 is 6.03 Å². The Kier molecular flexibility index (Phi) is 4.22. The summed E-state index contributed by atoms with van der Waals surface area (Å²) in [5, 5.41) is 3.11. The molecule has 5 heteroatoms. The maximum absolute atomic E-state index is 12.4. The first kappa shape index (κ1) is 15.9. The summed E-state index contributed by atoms with van der Waals surface area (Å²) >= 11 is 0. The van der Waals surface area contributed by atoms with Gasteiger partial charge in [-0.15, -0.1) is 0 Å². The molecule has 1 saturated carbocycles. The van der Waals surface area contributed by atoms with Crippen LogP contribution < -0.4 is 5.32 Å². The third kappa shape index (κ3) is 3.03. The van der Waals surface area contributed by atoms with Crippen molar-refractivity contribution >= 4 is 6.03 Å². The molecule has 1 spiro atoms. The van der Waals surface area contributed by atoms with Gasteiger partial charge in [-0.3, -0.25) is 4.90 Å². The van der Waals surface area contributed by atoms with E-state index in [1.807, 2.05) is 11.0 Å². The lowest BCUT2D eigenvalue weighted by molar-refractivity contribution is -0.107. The minimum atomic E-state index is -0.0130. The predicted octanol–water partition coefficient (Wildman–Crippen LogP) is 2.40. The van der Waals surface area contributed by atoms with Crippen LogP contribution in [0.25, 0.3) is 0 Å². The molecule has 24 heavy (non-hydrogen) atoms. The van der Waals surface area contributed by atoms with Crippen LogP contribution in [-0.4, -0.2) is 60.2 Å². The molecule has 1 aromatic carbocycles. The Labute approximate surface area is 144 Å². The normalized spacial score (nSPS) is 30.7. The number of nitrogens with one attached hydrogen (secondary N) is 1. The number of ether oxygens (including phenoxy) is 1. The van der Waals surface area contributed by atoms with E-state index in [4.69, 9.17) is 4.74 Å². The number of hydrogen-bond donors (Lipinski definition) is 1. The molecule has 3 aliphatic rings. The molecule has 2 heterocycles. The molecule has 2 aliphatic heterocycles. The highest BCUT2D eigenvalue weighted by molar-refractivity contribution is 5.75. The van der Waals surface area contributed by atoms with Gasteiger partial charge in [-0.1, -0.05) is 37.3 Å². The summed E-state index contributed by atoms with van der Waals surface area (Å²) in [6, 6.07) is 11.0. The van der Waals surface area contributed by atoms with E-state index in [9.17, 15) is 4.79 Å². The van der Waals surface area contributed by atoms with Gasteiger partial charge in [0.2, 0.25) is 0 Å². The van der Waals surface area contributed by atoms with Crippen LogP contribution in [0.4, 0.5) is 4.79 Å². The summed E-state index contributed by atoms with van der Waals surface area (Å²) in [5.74, 6) is 0. The van der Waals surface area contributed by atoms with E-state index >= 15 is 0 Å². The zero-order valence-electron chi connectivity index (χ0n) is 14.4. The molecule has 1 aliphatic carbocycles. The van der Waals surface area contributed by atoms with E-state index in [2.05, 4.69) is 41.4 Å².